The van der Waals surface area contributed by atoms with Crippen molar-refractivity contribution < 1.29 is 4.79 Å². The number of hydrogen-bond acceptors (Lipinski definition) is 4. The maximum absolute atomic E-state index is 11.9. The number of nitrogens with zero attached hydrogens (tertiary/aromatic N) is 4. The van der Waals surface area contributed by atoms with Gasteiger partial charge in [-0.15, -0.1) is 0 Å². The Morgan fingerprint density at radius 1 is 1.10 bits per heavy atom. The number of fused-ring (bicyclic) bond motifs is 1. The number of carbonyl (C=O) groups excluding carboxylic acids is 1. The molecule has 0 radical (unpaired) electrons. The highest BCUT2D eigenvalue weighted by Crippen LogP contribution is 2.08. The predicted octanol–water partition coefficient (Wildman–Crippen LogP) is 1.78. The summed E-state index contributed by atoms with van der Waals surface area (Å²) in [5.41, 5.74) is 1.59. The molecule has 0 spiro atoms. The number of amides is 1. The number of anilines is 1. The van der Waals surface area contributed by atoms with E-state index in [4.69, 9.17) is 0 Å². The number of pyridine rings is 1. The van der Waals surface area contributed by atoms with Crippen LogP contribution in [0.25, 0.3) is 11.7 Å². The molecule has 0 atom stereocenters. The summed E-state index contributed by atoms with van der Waals surface area (Å²) in [6.45, 7) is 0. The van der Waals surface area contributed by atoms with Crippen LogP contribution in [-0.4, -0.2) is 25.5 Å². The highest BCUT2D eigenvalue weighted by atomic mass is 16.1. The Bertz CT molecular complexity index is 763. The molecule has 0 saturated heterocycles. The third-order valence-electron chi connectivity index (χ3n) is 2.67. The second-order valence-electron chi connectivity index (χ2n) is 4.03. The van der Waals surface area contributed by atoms with Gasteiger partial charge in [-0.3, -0.25) is 9.78 Å². The van der Waals surface area contributed by atoms with Crippen LogP contribution in [-0.2, 0) is 4.79 Å². The van der Waals surface area contributed by atoms with E-state index in [0.29, 0.717) is 11.5 Å². The minimum atomic E-state index is -0.232. The van der Waals surface area contributed by atoms with Crippen molar-refractivity contribution in [1.29, 1.82) is 0 Å². The maximum atomic E-state index is 11.9. The van der Waals surface area contributed by atoms with Gasteiger partial charge in [0.05, 0.1) is 6.20 Å². The molecule has 0 unspecified atom stereocenters. The van der Waals surface area contributed by atoms with Gasteiger partial charge in [0.2, 0.25) is 5.91 Å². The Balaban J connectivity index is 1.76. The predicted molar refractivity (Wildman–Crippen MR) is 74.9 cm³/mol. The Morgan fingerprint density at radius 2 is 1.95 bits per heavy atom. The first-order valence-corrected chi connectivity index (χ1v) is 6.01. The van der Waals surface area contributed by atoms with Crippen molar-refractivity contribution in [3.8, 4) is 0 Å². The lowest BCUT2D eigenvalue weighted by Crippen LogP contribution is -2.11. The second kappa shape index (κ2) is 5.31. The SMILES string of the molecule is O=C(C=Cc1ccncc1)Nc1ccnc2ccnn12. The van der Waals surface area contributed by atoms with Crippen LogP contribution in [0.3, 0.4) is 0 Å². The molecule has 20 heavy (non-hydrogen) atoms. The van der Waals surface area contributed by atoms with E-state index < -0.39 is 0 Å². The molecule has 3 aromatic heterocycles. The first kappa shape index (κ1) is 12.0. The lowest BCUT2D eigenvalue weighted by Gasteiger charge is -2.04. The standard InChI is InChI=1S/C14H11N5O/c20-14(2-1-11-3-7-15-8-4-11)18-13-5-9-16-12-6-10-17-19(12)13/h1-10H,(H,18,20). The van der Waals surface area contributed by atoms with Crippen LogP contribution in [0.5, 0.6) is 0 Å². The molecule has 3 rings (SSSR count). The van der Waals surface area contributed by atoms with Crippen LogP contribution in [0.4, 0.5) is 5.82 Å². The normalized spacial score (nSPS) is 11.0. The van der Waals surface area contributed by atoms with E-state index in [1.165, 1.54) is 6.08 Å². The van der Waals surface area contributed by atoms with Gasteiger partial charge in [0.25, 0.3) is 0 Å². The molecule has 0 bridgehead atoms. The molecule has 3 heterocycles. The fraction of sp³-hybridized carbons (Fsp3) is 0. The summed E-state index contributed by atoms with van der Waals surface area (Å²) < 4.78 is 1.57. The van der Waals surface area contributed by atoms with Crippen LogP contribution in [0.2, 0.25) is 0 Å². The molecule has 0 aliphatic carbocycles. The van der Waals surface area contributed by atoms with E-state index in [1.54, 1.807) is 47.5 Å². The number of hydrogen-bond donors (Lipinski definition) is 1. The second-order valence-corrected chi connectivity index (χ2v) is 4.03. The van der Waals surface area contributed by atoms with Crippen molar-refractivity contribution in [3.63, 3.8) is 0 Å². The number of carbonyl (C=O) groups is 1. The van der Waals surface area contributed by atoms with Gasteiger partial charge in [-0.2, -0.15) is 9.61 Å². The van der Waals surface area contributed by atoms with Crippen molar-refractivity contribution in [2.24, 2.45) is 0 Å². The van der Waals surface area contributed by atoms with E-state index in [0.717, 1.165) is 5.56 Å². The molecule has 0 saturated carbocycles. The number of aromatic nitrogens is 4. The van der Waals surface area contributed by atoms with Gasteiger partial charge in [0, 0.05) is 30.7 Å². The number of rotatable bonds is 3. The quantitative estimate of drug-likeness (QED) is 0.733. The smallest absolute Gasteiger partial charge is 0.249 e. The van der Waals surface area contributed by atoms with Gasteiger partial charge in [0.15, 0.2) is 5.65 Å². The van der Waals surface area contributed by atoms with Gasteiger partial charge in [-0.1, -0.05) is 0 Å². The van der Waals surface area contributed by atoms with E-state index in [9.17, 15) is 4.79 Å². The summed E-state index contributed by atoms with van der Waals surface area (Å²) in [7, 11) is 0. The van der Waals surface area contributed by atoms with Gasteiger partial charge >= 0.3 is 0 Å². The van der Waals surface area contributed by atoms with Crippen molar-refractivity contribution >= 4 is 23.4 Å². The molecule has 0 aliphatic heterocycles. The highest BCUT2D eigenvalue weighted by molar-refractivity contribution is 6.01. The summed E-state index contributed by atoms with van der Waals surface area (Å²) >= 11 is 0. The van der Waals surface area contributed by atoms with Crippen molar-refractivity contribution in [3.05, 3.63) is 60.7 Å². The average molecular weight is 265 g/mol. The molecular weight excluding hydrogens is 254 g/mol. The molecule has 0 fully saturated rings. The zero-order valence-electron chi connectivity index (χ0n) is 10.5. The zero-order valence-corrected chi connectivity index (χ0v) is 10.5. The van der Waals surface area contributed by atoms with Crippen molar-refractivity contribution in [2.45, 2.75) is 0 Å². The highest BCUT2D eigenvalue weighted by Gasteiger charge is 2.03. The van der Waals surface area contributed by atoms with Crippen LogP contribution >= 0.6 is 0 Å². The maximum Gasteiger partial charge on any atom is 0.249 e. The van der Waals surface area contributed by atoms with Crippen molar-refractivity contribution in [2.75, 3.05) is 5.32 Å². The summed E-state index contributed by atoms with van der Waals surface area (Å²) in [5, 5.41) is 6.86. The largest absolute Gasteiger partial charge is 0.307 e. The van der Waals surface area contributed by atoms with E-state index >= 15 is 0 Å². The van der Waals surface area contributed by atoms with Gasteiger partial charge in [-0.05, 0) is 29.8 Å². The lowest BCUT2D eigenvalue weighted by atomic mass is 10.2. The lowest BCUT2D eigenvalue weighted by molar-refractivity contribution is -0.111. The van der Waals surface area contributed by atoms with Gasteiger partial charge in [0.1, 0.15) is 5.82 Å². The molecule has 0 aromatic carbocycles. The monoisotopic (exact) mass is 265 g/mol. The zero-order chi connectivity index (χ0) is 13.8. The first-order valence-electron chi connectivity index (χ1n) is 6.01. The van der Waals surface area contributed by atoms with Crippen LogP contribution in [0.15, 0.2) is 55.1 Å². The Labute approximate surface area is 114 Å². The van der Waals surface area contributed by atoms with Crippen LogP contribution in [0.1, 0.15) is 5.56 Å². The first-order chi connectivity index (χ1) is 9.83. The third kappa shape index (κ3) is 2.54. The van der Waals surface area contributed by atoms with E-state index in [2.05, 4.69) is 20.4 Å². The third-order valence-corrected chi connectivity index (χ3v) is 2.67. The molecule has 1 N–H and O–H groups in total. The van der Waals surface area contributed by atoms with E-state index in [1.807, 2.05) is 12.1 Å². The van der Waals surface area contributed by atoms with Crippen LogP contribution < -0.4 is 5.32 Å². The summed E-state index contributed by atoms with van der Waals surface area (Å²) in [6.07, 6.45) is 9.79. The Morgan fingerprint density at radius 3 is 2.80 bits per heavy atom. The molecule has 3 aromatic rings. The van der Waals surface area contributed by atoms with Crippen LogP contribution in [0, 0.1) is 0 Å². The fourth-order valence-corrected chi connectivity index (χ4v) is 1.74. The van der Waals surface area contributed by atoms with Crippen molar-refractivity contribution in [1.82, 2.24) is 19.6 Å². The van der Waals surface area contributed by atoms with Gasteiger partial charge in [-0.25, -0.2) is 4.98 Å². The Hall–Kier alpha value is -3.02. The summed E-state index contributed by atoms with van der Waals surface area (Å²) in [5.74, 6) is 0.342. The minimum absolute atomic E-state index is 0.232. The minimum Gasteiger partial charge on any atom is -0.307 e. The summed E-state index contributed by atoms with van der Waals surface area (Å²) in [6, 6.07) is 7.10. The number of nitrogens with one attached hydrogen (secondary N) is 1. The molecule has 6 nitrogen and oxygen atoms in total. The molecule has 1 amide bonds. The molecule has 6 heteroatoms. The topological polar surface area (TPSA) is 72.2 Å². The molecule has 0 aliphatic rings. The summed E-state index contributed by atoms with van der Waals surface area (Å²) in [4.78, 5) is 19.9. The fourth-order valence-electron chi connectivity index (χ4n) is 1.74. The average Bonchev–Trinajstić information content (AvgIpc) is 2.96. The molecule has 98 valence electrons. The molecular formula is C14H11N5O. The van der Waals surface area contributed by atoms with Gasteiger partial charge < -0.3 is 5.32 Å². The Kier molecular flexibility index (Phi) is 3.20. The van der Waals surface area contributed by atoms with E-state index in [-0.39, 0.29) is 5.91 Å².